The van der Waals surface area contributed by atoms with Crippen molar-refractivity contribution in [3.05, 3.63) is 71.8 Å². The Morgan fingerprint density at radius 1 is 0.962 bits per heavy atom. The second kappa shape index (κ2) is 10.4. The molecule has 2 aromatic rings. The Hall–Kier alpha value is -1.72. The topological polar surface area (TPSA) is 44.7 Å². The molecule has 0 aliphatic carbocycles. The highest BCUT2D eigenvalue weighted by Gasteiger charge is 2.24. The van der Waals surface area contributed by atoms with Crippen molar-refractivity contribution in [2.45, 2.75) is 38.4 Å². The lowest BCUT2D eigenvalue weighted by molar-refractivity contribution is 0.0196. The van der Waals surface area contributed by atoms with Crippen LogP contribution in [0.25, 0.3) is 0 Å². The number of hydrogen-bond acceptors (Lipinski definition) is 4. The molecule has 1 aliphatic rings. The monoisotopic (exact) mass is 354 g/mol. The molecule has 2 aromatic carbocycles. The first-order valence-electron chi connectivity index (χ1n) is 9.61. The molecule has 1 heterocycles. The smallest absolute Gasteiger partial charge is 0.0601 e. The molecule has 0 unspecified atom stereocenters. The van der Waals surface area contributed by atoms with Crippen LogP contribution in [0.15, 0.2) is 60.7 Å². The average molecular weight is 354 g/mol. The van der Waals surface area contributed by atoms with Gasteiger partial charge in [-0.3, -0.25) is 5.43 Å². The van der Waals surface area contributed by atoms with Gasteiger partial charge in [-0.05, 0) is 36.3 Å². The minimum absolute atomic E-state index is 0.0991. The summed E-state index contributed by atoms with van der Waals surface area (Å²) in [4.78, 5) is 0. The molecule has 0 bridgehead atoms. The second-order valence-electron chi connectivity index (χ2n) is 7.06. The van der Waals surface area contributed by atoms with Crippen molar-refractivity contribution in [2.24, 2.45) is 5.92 Å². The lowest BCUT2D eigenvalue weighted by atomic mass is 9.92. The fourth-order valence-electron chi connectivity index (χ4n) is 3.55. The lowest BCUT2D eigenvalue weighted by Gasteiger charge is -2.34. The molecule has 0 amide bonds. The predicted molar refractivity (Wildman–Crippen MR) is 104 cm³/mol. The Kier molecular flexibility index (Phi) is 7.65. The van der Waals surface area contributed by atoms with Crippen LogP contribution < -0.4 is 5.43 Å². The van der Waals surface area contributed by atoms with Gasteiger partial charge in [0.15, 0.2) is 0 Å². The number of aliphatic hydroxyl groups excluding tert-OH is 1. The SMILES string of the molecule is OC[C@H](CC1CCOCC1)N(Cc1ccccc1)NCc1ccccc1. The molecule has 4 heteroatoms. The molecule has 1 fully saturated rings. The molecule has 1 aliphatic heterocycles. The largest absolute Gasteiger partial charge is 0.395 e. The summed E-state index contributed by atoms with van der Waals surface area (Å²) in [7, 11) is 0. The van der Waals surface area contributed by atoms with Gasteiger partial charge in [-0.2, -0.15) is 0 Å². The van der Waals surface area contributed by atoms with Crippen LogP contribution in [0, 0.1) is 5.92 Å². The molecule has 3 rings (SSSR count). The Bertz CT molecular complexity index is 615. The number of hydrazine groups is 1. The highest BCUT2D eigenvalue weighted by atomic mass is 16.5. The standard InChI is InChI=1S/C22H30N2O2/c25-18-22(15-19-11-13-26-14-12-19)24(17-21-9-5-2-6-10-21)23-16-20-7-3-1-4-8-20/h1-10,19,22-23,25H,11-18H2/t22-/m0/s1. The number of hydrogen-bond donors (Lipinski definition) is 2. The summed E-state index contributed by atoms with van der Waals surface area (Å²) in [6, 6.07) is 21.0. The van der Waals surface area contributed by atoms with Gasteiger partial charge in [0, 0.05) is 32.3 Å². The normalized spacial score (nSPS) is 16.7. The highest BCUT2D eigenvalue weighted by molar-refractivity contribution is 5.15. The number of nitrogens with one attached hydrogen (secondary N) is 1. The van der Waals surface area contributed by atoms with Crippen molar-refractivity contribution < 1.29 is 9.84 Å². The van der Waals surface area contributed by atoms with Gasteiger partial charge in [-0.1, -0.05) is 60.7 Å². The fraction of sp³-hybridized carbons (Fsp3) is 0.455. The van der Waals surface area contributed by atoms with Crippen LogP contribution >= 0.6 is 0 Å². The van der Waals surface area contributed by atoms with Gasteiger partial charge < -0.3 is 9.84 Å². The van der Waals surface area contributed by atoms with E-state index in [0.717, 1.165) is 45.6 Å². The molecule has 0 radical (unpaired) electrons. The summed E-state index contributed by atoms with van der Waals surface area (Å²) in [5, 5.41) is 12.3. The van der Waals surface area contributed by atoms with Crippen molar-refractivity contribution in [3.63, 3.8) is 0 Å². The Morgan fingerprint density at radius 2 is 1.58 bits per heavy atom. The molecule has 4 nitrogen and oxygen atoms in total. The molecule has 0 spiro atoms. The molecule has 26 heavy (non-hydrogen) atoms. The number of benzene rings is 2. The third kappa shape index (κ3) is 5.92. The van der Waals surface area contributed by atoms with Crippen LogP contribution in [-0.2, 0) is 17.8 Å². The molecule has 2 N–H and O–H groups in total. The maximum absolute atomic E-state index is 10.1. The Morgan fingerprint density at radius 3 is 2.19 bits per heavy atom. The summed E-state index contributed by atoms with van der Waals surface area (Å²) < 4.78 is 5.48. The van der Waals surface area contributed by atoms with Crippen molar-refractivity contribution in [3.8, 4) is 0 Å². The number of aliphatic hydroxyl groups is 1. The van der Waals surface area contributed by atoms with Gasteiger partial charge in [0.05, 0.1) is 6.61 Å². The van der Waals surface area contributed by atoms with E-state index in [1.54, 1.807) is 0 Å². The van der Waals surface area contributed by atoms with E-state index < -0.39 is 0 Å². The van der Waals surface area contributed by atoms with Crippen molar-refractivity contribution in [1.29, 1.82) is 0 Å². The minimum atomic E-state index is 0.0991. The summed E-state index contributed by atoms with van der Waals surface area (Å²) >= 11 is 0. The van der Waals surface area contributed by atoms with Gasteiger partial charge in [-0.15, -0.1) is 0 Å². The van der Waals surface area contributed by atoms with Gasteiger partial charge >= 0.3 is 0 Å². The van der Waals surface area contributed by atoms with Crippen molar-refractivity contribution >= 4 is 0 Å². The number of rotatable bonds is 9. The summed E-state index contributed by atoms with van der Waals surface area (Å²) in [6.45, 7) is 3.39. The Balaban J connectivity index is 1.66. The number of nitrogens with zero attached hydrogens (tertiary/aromatic N) is 1. The van der Waals surface area contributed by atoms with Crippen LogP contribution in [0.1, 0.15) is 30.4 Å². The summed E-state index contributed by atoms with van der Waals surface area (Å²) in [5.74, 6) is 0.623. The van der Waals surface area contributed by atoms with Gasteiger partial charge in [-0.25, -0.2) is 5.01 Å². The van der Waals surface area contributed by atoms with Crippen LogP contribution in [0.2, 0.25) is 0 Å². The van der Waals surface area contributed by atoms with E-state index in [1.165, 1.54) is 11.1 Å². The van der Waals surface area contributed by atoms with E-state index in [2.05, 4.69) is 59.0 Å². The zero-order valence-corrected chi connectivity index (χ0v) is 15.4. The average Bonchev–Trinajstić information content (AvgIpc) is 2.72. The Labute approximate surface area is 156 Å². The van der Waals surface area contributed by atoms with Gasteiger partial charge in [0.25, 0.3) is 0 Å². The van der Waals surface area contributed by atoms with Crippen LogP contribution in [0.5, 0.6) is 0 Å². The molecule has 0 saturated carbocycles. The molecule has 1 saturated heterocycles. The molecular formula is C22H30N2O2. The predicted octanol–water partition coefficient (Wildman–Crippen LogP) is 3.37. The molecule has 1 atom stereocenters. The maximum Gasteiger partial charge on any atom is 0.0601 e. The fourth-order valence-corrected chi connectivity index (χ4v) is 3.55. The summed E-state index contributed by atoms with van der Waals surface area (Å²) in [5.41, 5.74) is 6.06. The van der Waals surface area contributed by atoms with Crippen LogP contribution in [0.3, 0.4) is 0 Å². The quantitative estimate of drug-likeness (QED) is 0.678. The third-order valence-electron chi connectivity index (χ3n) is 5.12. The van der Waals surface area contributed by atoms with Gasteiger partial charge in [0.1, 0.15) is 0 Å². The minimum Gasteiger partial charge on any atom is -0.395 e. The van der Waals surface area contributed by atoms with Gasteiger partial charge in [0.2, 0.25) is 0 Å². The molecule has 140 valence electrons. The van der Waals surface area contributed by atoms with E-state index in [1.807, 2.05) is 12.1 Å². The molecule has 0 aromatic heterocycles. The van der Waals surface area contributed by atoms with E-state index in [9.17, 15) is 5.11 Å². The number of ether oxygens (including phenoxy) is 1. The maximum atomic E-state index is 10.1. The van der Waals surface area contributed by atoms with E-state index >= 15 is 0 Å². The van der Waals surface area contributed by atoms with Crippen molar-refractivity contribution in [2.75, 3.05) is 19.8 Å². The zero-order chi connectivity index (χ0) is 18.0. The second-order valence-corrected chi connectivity index (χ2v) is 7.06. The van der Waals surface area contributed by atoms with Crippen LogP contribution in [0.4, 0.5) is 0 Å². The van der Waals surface area contributed by atoms with E-state index in [-0.39, 0.29) is 12.6 Å². The summed E-state index contributed by atoms with van der Waals surface area (Å²) in [6.07, 6.45) is 3.18. The van der Waals surface area contributed by atoms with E-state index in [4.69, 9.17) is 4.74 Å². The first-order valence-corrected chi connectivity index (χ1v) is 9.61. The van der Waals surface area contributed by atoms with Crippen LogP contribution in [-0.4, -0.2) is 36.0 Å². The van der Waals surface area contributed by atoms with Crippen molar-refractivity contribution in [1.82, 2.24) is 10.4 Å². The molecular weight excluding hydrogens is 324 g/mol. The first kappa shape index (κ1) is 19.1. The highest BCUT2D eigenvalue weighted by Crippen LogP contribution is 2.23. The zero-order valence-electron chi connectivity index (χ0n) is 15.4. The lowest BCUT2D eigenvalue weighted by Crippen LogP contribution is -2.47. The first-order chi connectivity index (χ1) is 12.8. The third-order valence-corrected chi connectivity index (χ3v) is 5.12. The van der Waals surface area contributed by atoms with E-state index in [0.29, 0.717) is 5.92 Å².